The summed E-state index contributed by atoms with van der Waals surface area (Å²) in [4.78, 5) is 9.50. The van der Waals surface area contributed by atoms with Gasteiger partial charge in [0.25, 0.3) is 0 Å². The molecule has 4 nitrogen and oxygen atoms in total. The van der Waals surface area contributed by atoms with Crippen molar-refractivity contribution in [3.8, 4) is 0 Å². The average molecular weight is 324 g/mol. The van der Waals surface area contributed by atoms with Gasteiger partial charge >= 0.3 is 0 Å². The number of benzene rings is 2. The van der Waals surface area contributed by atoms with Crippen LogP contribution < -0.4 is 4.90 Å². The molecule has 24 heavy (non-hydrogen) atoms. The molecule has 0 unspecified atom stereocenters. The van der Waals surface area contributed by atoms with Crippen molar-refractivity contribution >= 4 is 16.7 Å². The lowest BCUT2D eigenvalue weighted by Gasteiger charge is -2.35. The number of hydrogen-bond donors (Lipinski definition) is 0. The molecule has 0 atom stereocenters. The number of anilines is 1. The summed E-state index contributed by atoms with van der Waals surface area (Å²) in [5.41, 5.74) is 3.33. The minimum Gasteiger partial charge on any atom is -0.369 e. The maximum absolute atomic E-state index is 13.0. The van der Waals surface area contributed by atoms with Crippen molar-refractivity contribution in [2.75, 3.05) is 31.1 Å². The van der Waals surface area contributed by atoms with Gasteiger partial charge in [0.2, 0.25) is 0 Å². The van der Waals surface area contributed by atoms with Crippen LogP contribution in [-0.2, 0) is 13.6 Å². The van der Waals surface area contributed by atoms with Gasteiger partial charge in [0.05, 0.1) is 17.6 Å². The van der Waals surface area contributed by atoms with Gasteiger partial charge in [0.15, 0.2) is 0 Å². The minimum absolute atomic E-state index is 0.181. The quantitative estimate of drug-likeness (QED) is 0.740. The summed E-state index contributed by atoms with van der Waals surface area (Å²) in [6, 6.07) is 15.0. The van der Waals surface area contributed by atoms with Gasteiger partial charge < -0.3 is 9.47 Å². The first-order valence-corrected chi connectivity index (χ1v) is 8.34. The van der Waals surface area contributed by atoms with Gasteiger partial charge in [-0.1, -0.05) is 12.1 Å². The largest absolute Gasteiger partial charge is 0.369 e. The Hall–Kier alpha value is -2.40. The van der Waals surface area contributed by atoms with Crippen LogP contribution in [0.25, 0.3) is 11.0 Å². The summed E-state index contributed by atoms with van der Waals surface area (Å²) in [6.07, 6.45) is 0. The Morgan fingerprint density at radius 3 is 2.38 bits per heavy atom. The van der Waals surface area contributed by atoms with Crippen LogP contribution >= 0.6 is 0 Å². The summed E-state index contributed by atoms with van der Waals surface area (Å²) in [7, 11) is 2.08. The van der Waals surface area contributed by atoms with E-state index in [-0.39, 0.29) is 5.82 Å². The van der Waals surface area contributed by atoms with Crippen molar-refractivity contribution in [1.82, 2.24) is 14.5 Å². The summed E-state index contributed by atoms with van der Waals surface area (Å²) in [5, 5.41) is 0. The molecule has 0 aliphatic carbocycles. The third-order valence-corrected chi connectivity index (χ3v) is 4.81. The molecule has 124 valence electrons. The van der Waals surface area contributed by atoms with Crippen LogP contribution in [0, 0.1) is 5.82 Å². The lowest BCUT2D eigenvalue weighted by atomic mass is 10.2. The predicted molar refractivity (Wildman–Crippen MR) is 94.6 cm³/mol. The molecule has 3 aromatic rings. The molecule has 5 heteroatoms. The zero-order valence-corrected chi connectivity index (χ0v) is 13.8. The first-order chi connectivity index (χ1) is 11.7. The molecular weight excluding hydrogens is 303 g/mol. The Kier molecular flexibility index (Phi) is 3.94. The maximum Gasteiger partial charge on any atom is 0.123 e. The Morgan fingerprint density at radius 1 is 0.958 bits per heavy atom. The van der Waals surface area contributed by atoms with Gasteiger partial charge in [-0.2, -0.15) is 0 Å². The fourth-order valence-electron chi connectivity index (χ4n) is 3.35. The summed E-state index contributed by atoms with van der Waals surface area (Å²) in [6.45, 7) is 4.74. The van der Waals surface area contributed by atoms with E-state index < -0.39 is 0 Å². The standard InChI is InChI=1S/C19H21FN4/c1-22-18-5-3-2-4-17(18)21-19(22)14-23-10-12-24(13-11-23)16-8-6-15(20)7-9-16/h2-9H,10-14H2,1H3. The van der Waals surface area contributed by atoms with Crippen LogP contribution in [0.4, 0.5) is 10.1 Å². The second-order valence-corrected chi connectivity index (χ2v) is 6.32. The Labute approximate surface area is 141 Å². The van der Waals surface area contributed by atoms with Gasteiger partial charge in [0, 0.05) is 38.9 Å². The molecule has 1 aliphatic rings. The monoisotopic (exact) mass is 324 g/mol. The lowest BCUT2D eigenvalue weighted by molar-refractivity contribution is 0.242. The minimum atomic E-state index is -0.181. The van der Waals surface area contributed by atoms with Crippen LogP contribution in [0.3, 0.4) is 0 Å². The molecule has 0 N–H and O–H groups in total. The molecule has 0 radical (unpaired) electrons. The highest BCUT2D eigenvalue weighted by atomic mass is 19.1. The number of halogens is 1. The van der Waals surface area contributed by atoms with Crippen molar-refractivity contribution in [2.45, 2.75) is 6.54 Å². The van der Waals surface area contributed by atoms with Crippen LogP contribution in [-0.4, -0.2) is 40.6 Å². The van der Waals surface area contributed by atoms with Gasteiger partial charge in [-0.05, 0) is 36.4 Å². The number of imidazole rings is 1. The lowest BCUT2D eigenvalue weighted by Crippen LogP contribution is -2.46. The number of para-hydroxylation sites is 2. The molecule has 0 amide bonds. The van der Waals surface area contributed by atoms with E-state index in [1.807, 2.05) is 18.2 Å². The molecule has 0 bridgehead atoms. The summed E-state index contributed by atoms with van der Waals surface area (Å²) < 4.78 is 15.2. The van der Waals surface area contributed by atoms with Gasteiger partial charge in [-0.3, -0.25) is 4.90 Å². The third kappa shape index (κ3) is 2.87. The van der Waals surface area contributed by atoms with Crippen molar-refractivity contribution < 1.29 is 4.39 Å². The number of aryl methyl sites for hydroxylation is 1. The van der Waals surface area contributed by atoms with Gasteiger partial charge in [-0.25, -0.2) is 9.37 Å². The highest BCUT2D eigenvalue weighted by molar-refractivity contribution is 5.75. The normalized spacial score (nSPS) is 16.0. The van der Waals surface area contributed by atoms with E-state index in [1.54, 1.807) is 0 Å². The number of rotatable bonds is 3. The molecule has 1 fully saturated rings. The molecular formula is C19H21FN4. The van der Waals surface area contributed by atoms with E-state index >= 15 is 0 Å². The maximum atomic E-state index is 13.0. The fourth-order valence-corrected chi connectivity index (χ4v) is 3.35. The first-order valence-electron chi connectivity index (χ1n) is 8.34. The molecule has 4 rings (SSSR count). The smallest absolute Gasteiger partial charge is 0.123 e. The third-order valence-electron chi connectivity index (χ3n) is 4.81. The predicted octanol–water partition coefficient (Wildman–Crippen LogP) is 3.03. The van der Waals surface area contributed by atoms with E-state index in [4.69, 9.17) is 4.98 Å². The molecule has 0 spiro atoms. The van der Waals surface area contributed by atoms with E-state index in [0.29, 0.717) is 0 Å². The molecule has 1 aromatic heterocycles. The first kappa shape index (κ1) is 15.1. The van der Waals surface area contributed by atoms with E-state index in [9.17, 15) is 4.39 Å². The zero-order valence-electron chi connectivity index (χ0n) is 13.8. The van der Waals surface area contributed by atoms with E-state index in [0.717, 1.165) is 49.8 Å². The Balaban J connectivity index is 1.42. The van der Waals surface area contributed by atoms with Crippen LogP contribution in [0.5, 0.6) is 0 Å². The topological polar surface area (TPSA) is 24.3 Å². The average Bonchev–Trinajstić information content (AvgIpc) is 2.93. The molecule has 2 aromatic carbocycles. The highest BCUT2D eigenvalue weighted by Crippen LogP contribution is 2.19. The second kappa shape index (κ2) is 6.24. The van der Waals surface area contributed by atoms with Gasteiger partial charge in [0.1, 0.15) is 11.6 Å². The highest BCUT2D eigenvalue weighted by Gasteiger charge is 2.19. The van der Waals surface area contributed by atoms with Crippen LogP contribution in [0.1, 0.15) is 5.82 Å². The molecule has 0 saturated carbocycles. The SMILES string of the molecule is Cn1c(CN2CCN(c3ccc(F)cc3)CC2)nc2ccccc21. The van der Waals surface area contributed by atoms with E-state index in [2.05, 4.69) is 39.6 Å². The number of aromatic nitrogens is 2. The van der Waals surface area contributed by atoms with E-state index in [1.165, 1.54) is 17.6 Å². The van der Waals surface area contributed by atoms with Crippen LogP contribution in [0.2, 0.25) is 0 Å². The number of fused-ring (bicyclic) bond motifs is 1. The van der Waals surface area contributed by atoms with Crippen molar-refractivity contribution in [1.29, 1.82) is 0 Å². The number of piperazine rings is 1. The Morgan fingerprint density at radius 2 is 1.67 bits per heavy atom. The summed E-state index contributed by atoms with van der Waals surface area (Å²) >= 11 is 0. The zero-order chi connectivity index (χ0) is 16.5. The number of nitrogens with zero attached hydrogens (tertiary/aromatic N) is 4. The molecule has 1 aliphatic heterocycles. The van der Waals surface area contributed by atoms with Crippen molar-refractivity contribution in [3.63, 3.8) is 0 Å². The second-order valence-electron chi connectivity index (χ2n) is 6.32. The number of hydrogen-bond acceptors (Lipinski definition) is 3. The molecule has 2 heterocycles. The van der Waals surface area contributed by atoms with Crippen molar-refractivity contribution in [3.05, 3.63) is 60.2 Å². The van der Waals surface area contributed by atoms with Crippen molar-refractivity contribution in [2.24, 2.45) is 7.05 Å². The fraction of sp³-hybridized carbons (Fsp3) is 0.316. The summed E-state index contributed by atoms with van der Waals surface area (Å²) in [5.74, 6) is 0.922. The Bertz CT molecular complexity index is 832. The molecule has 1 saturated heterocycles. The van der Waals surface area contributed by atoms with Crippen LogP contribution in [0.15, 0.2) is 48.5 Å². The van der Waals surface area contributed by atoms with Gasteiger partial charge in [-0.15, -0.1) is 0 Å².